The number of anilines is 1. The normalized spacial score (nSPS) is 11.6. The van der Waals surface area contributed by atoms with Crippen LogP contribution in [0.25, 0.3) is 6.08 Å². The Morgan fingerprint density at radius 1 is 1.09 bits per heavy atom. The summed E-state index contributed by atoms with van der Waals surface area (Å²) in [5.41, 5.74) is 2.94. The quantitative estimate of drug-likeness (QED) is 0.824. The zero-order valence-electron chi connectivity index (χ0n) is 12.8. The van der Waals surface area contributed by atoms with Crippen LogP contribution in [0.3, 0.4) is 0 Å². The molecule has 0 saturated carbocycles. The van der Waals surface area contributed by atoms with Crippen LogP contribution in [0.4, 0.5) is 5.69 Å². The van der Waals surface area contributed by atoms with Gasteiger partial charge in [0, 0.05) is 6.08 Å². The van der Waals surface area contributed by atoms with Gasteiger partial charge in [-0.15, -0.1) is 0 Å². The molecule has 0 saturated heterocycles. The van der Waals surface area contributed by atoms with E-state index in [-0.39, 0.29) is 4.90 Å². The first-order valence-electron chi connectivity index (χ1n) is 6.89. The van der Waals surface area contributed by atoms with Crippen molar-refractivity contribution in [3.63, 3.8) is 0 Å². The van der Waals surface area contributed by atoms with E-state index in [1.807, 2.05) is 26.0 Å². The molecule has 0 atom stereocenters. The van der Waals surface area contributed by atoms with Crippen molar-refractivity contribution in [3.8, 4) is 0 Å². The van der Waals surface area contributed by atoms with Crippen molar-refractivity contribution in [2.24, 2.45) is 0 Å². The van der Waals surface area contributed by atoms with Gasteiger partial charge in [0.25, 0.3) is 10.0 Å². The first-order valence-corrected chi connectivity index (χ1v) is 8.37. The van der Waals surface area contributed by atoms with Gasteiger partial charge in [-0.25, -0.2) is 13.2 Å². The number of hydrogen-bond donors (Lipinski definition) is 2. The molecule has 0 heterocycles. The standard InChI is InChI=1S/C17H17NO4S/c1-12-3-4-13(2)16(11-12)18-23(21,22)15-8-5-14(6-9-15)7-10-17(19)20/h3-11,18H,1-2H3,(H,19,20)/b10-7+. The summed E-state index contributed by atoms with van der Waals surface area (Å²) >= 11 is 0. The number of carboxylic acid groups (broad SMARTS) is 1. The average Bonchev–Trinajstić information content (AvgIpc) is 2.49. The van der Waals surface area contributed by atoms with Gasteiger partial charge in [0.15, 0.2) is 0 Å². The summed E-state index contributed by atoms with van der Waals surface area (Å²) in [6.45, 7) is 3.72. The number of rotatable bonds is 5. The van der Waals surface area contributed by atoms with Crippen molar-refractivity contribution < 1.29 is 18.3 Å². The van der Waals surface area contributed by atoms with Crippen molar-refractivity contribution in [1.82, 2.24) is 0 Å². The minimum Gasteiger partial charge on any atom is -0.478 e. The molecule has 0 aromatic heterocycles. The van der Waals surface area contributed by atoms with Crippen LogP contribution in [0.2, 0.25) is 0 Å². The summed E-state index contributed by atoms with van der Waals surface area (Å²) < 4.78 is 27.4. The first-order chi connectivity index (χ1) is 10.8. The minimum atomic E-state index is -3.69. The topological polar surface area (TPSA) is 83.5 Å². The predicted octanol–water partition coefficient (Wildman–Crippen LogP) is 3.20. The lowest BCUT2D eigenvalue weighted by molar-refractivity contribution is -0.131. The third-order valence-corrected chi connectivity index (χ3v) is 4.63. The summed E-state index contributed by atoms with van der Waals surface area (Å²) in [6, 6.07) is 11.5. The molecule has 23 heavy (non-hydrogen) atoms. The Morgan fingerprint density at radius 2 is 1.74 bits per heavy atom. The second-order valence-electron chi connectivity index (χ2n) is 5.16. The highest BCUT2D eigenvalue weighted by molar-refractivity contribution is 7.92. The van der Waals surface area contributed by atoms with Crippen molar-refractivity contribution in [1.29, 1.82) is 0 Å². The molecule has 2 aromatic carbocycles. The molecular formula is C17H17NO4S. The average molecular weight is 331 g/mol. The van der Waals surface area contributed by atoms with Crippen molar-refractivity contribution in [2.45, 2.75) is 18.7 Å². The van der Waals surface area contributed by atoms with E-state index in [1.54, 1.807) is 18.2 Å². The molecule has 0 aliphatic rings. The van der Waals surface area contributed by atoms with Crippen LogP contribution in [0.5, 0.6) is 0 Å². The van der Waals surface area contributed by atoms with Gasteiger partial charge in [-0.3, -0.25) is 4.72 Å². The summed E-state index contributed by atoms with van der Waals surface area (Å²) in [5, 5.41) is 8.58. The highest BCUT2D eigenvalue weighted by atomic mass is 32.2. The van der Waals surface area contributed by atoms with E-state index in [0.29, 0.717) is 11.3 Å². The molecule has 0 amide bonds. The number of sulfonamides is 1. The third-order valence-electron chi connectivity index (χ3n) is 3.25. The maximum absolute atomic E-state index is 12.4. The number of nitrogens with one attached hydrogen (secondary N) is 1. The number of hydrogen-bond acceptors (Lipinski definition) is 3. The molecule has 5 nitrogen and oxygen atoms in total. The van der Waals surface area contributed by atoms with Gasteiger partial charge in [-0.05, 0) is 54.8 Å². The van der Waals surface area contributed by atoms with Gasteiger partial charge in [-0.1, -0.05) is 24.3 Å². The Hall–Kier alpha value is -2.60. The third kappa shape index (κ3) is 4.43. The van der Waals surface area contributed by atoms with E-state index >= 15 is 0 Å². The van der Waals surface area contributed by atoms with Gasteiger partial charge >= 0.3 is 5.97 Å². The highest BCUT2D eigenvalue weighted by Gasteiger charge is 2.15. The van der Waals surface area contributed by atoms with Crippen LogP contribution in [-0.4, -0.2) is 19.5 Å². The van der Waals surface area contributed by atoms with Gasteiger partial charge in [0.05, 0.1) is 10.6 Å². The zero-order valence-corrected chi connectivity index (χ0v) is 13.6. The highest BCUT2D eigenvalue weighted by Crippen LogP contribution is 2.21. The van der Waals surface area contributed by atoms with E-state index < -0.39 is 16.0 Å². The van der Waals surface area contributed by atoms with Crippen LogP contribution in [0.1, 0.15) is 16.7 Å². The van der Waals surface area contributed by atoms with Gasteiger partial charge in [-0.2, -0.15) is 0 Å². The molecule has 0 radical (unpaired) electrons. The number of carboxylic acids is 1. The van der Waals surface area contributed by atoms with E-state index in [1.165, 1.54) is 18.2 Å². The summed E-state index contributed by atoms with van der Waals surface area (Å²) in [5.74, 6) is -1.06. The van der Waals surface area contributed by atoms with Gasteiger partial charge in [0.1, 0.15) is 0 Å². The smallest absolute Gasteiger partial charge is 0.328 e. The van der Waals surface area contributed by atoms with Crippen LogP contribution in [0.15, 0.2) is 53.4 Å². The number of benzene rings is 2. The summed E-state index contributed by atoms with van der Waals surface area (Å²) in [7, 11) is -3.69. The monoisotopic (exact) mass is 331 g/mol. The summed E-state index contributed by atoms with van der Waals surface area (Å²) in [4.78, 5) is 10.6. The van der Waals surface area contributed by atoms with E-state index in [9.17, 15) is 13.2 Å². The Bertz CT molecular complexity index is 853. The molecule has 120 valence electrons. The molecule has 6 heteroatoms. The lowest BCUT2D eigenvalue weighted by Gasteiger charge is -2.11. The van der Waals surface area contributed by atoms with Crippen LogP contribution >= 0.6 is 0 Å². The maximum Gasteiger partial charge on any atom is 0.328 e. The molecule has 2 aromatic rings. The molecule has 0 aliphatic heterocycles. The lowest BCUT2D eigenvalue weighted by Crippen LogP contribution is -2.13. The zero-order chi connectivity index (χ0) is 17.0. The van der Waals surface area contributed by atoms with E-state index in [2.05, 4.69) is 4.72 Å². The molecule has 0 aliphatic carbocycles. The van der Waals surface area contributed by atoms with Gasteiger partial charge < -0.3 is 5.11 Å². The molecule has 0 bridgehead atoms. The maximum atomic E-state index is 12.4. The molecule has 0 unspecified atom stereocenters. The molecule has 2 N–H and O–H groups in total. The van der Waals surface area contributed by atoms with Gasteiger partial charge in [0.2, 0.25) is 0 Å². The SMILES string of the molecule is Cc1ccc(C)c(NS(=O)(=O)c2ccc(/C=C/C(=O)O)cc2)c1. The largest absolute Gasteiger partial charge is 0.478 e. The Morgan fingerprint density at radius 3 is 2.35 bits per heavy atom. The lowest BCUT2D eigenvalue weighted by atomic mass is 10.1. The van der Waals surface area contributed by atoms with E-state index in [0.717, 1.165) is 17.2 Å². The number of carbonyl (C=O) groups is 1. The fourth-order valence-electron chi connectivity index (χ4n) is 1.98. The molecule has 0 spiro atoms. The van der Waals surface area contributed by atoms with E-state index in [4.69, 9.17) is 5.11 Å². The van der Waals surface area contributed by atoms with Crippen LogP contribution in [0, 0.1) is 13.8 Å². The number of aryl methyl sites for hydroxylation is 2. The molecule has 2 rings (SSSR count). The van der Waals surface area contributed by atoms with Crippen LogP contribution in [-0.2, 0) is 14.8 Å². The Kier molecular flexibility index (Phi) is 4.86. The Balaban J connectivity index is 2.26. The Labute approximate surface area is 135 Å². The second kappa shape index (κ2) is 6.66. The molecular weight excluding hydrogens is 314 g/mol. The molecule has 0 fully saturated rings. The van der Waals surface area contributed by atoms with Crippen molar-refractivity contribution >= 4 is 27.8 Å². The van der Waals surface area contributed by atoms with Crippen LogP contribution < -0.4 is 4.72 Å². The first kappa shape index (κ1) is 16.8. The fourth-order valence-corrected chi connectivity index (χ4v) is 3.10. The second-order valence-corrected chi connectivity index (χ2v) is 6.85. The van der Waals surface area contributed by atoms with Crippen molar-refractivity contribution in [3.05, 3.63) is 65.2 Å². The summed E-state index contributed by atoms with van der Waals surface area (Å²) in [6.07, 6.45) is 2.40. The minimum absolute atomic E-state index is 0.117. The fraction of sp³-hybridized carbons (Fsp3) is 0.118. The number of aliphatic carboxylic acids is 1. The van der Waals surface area contributed by atoms with Crippen molar-refractivity contribution in [2.75, 3.05) is 4.72 Å². The predicted molar refractivity (Wildman–Crippen MR) is 89.8 cm³/mol.